The lowest BCUT2D eigenvalue weighted by Gasteiger charge is -2.11. The van der Waals surface area contributed by atoms with Crippen LogP contribution >= 0.6 is 27.3 Å². The molecule has 140 valence electrons. The molecule has 1 N–H and O–H groups in total. The first kappa shape index (κ1) is 18.5. The Morgan fingerprint density at radius 3 is 2.68 bits per heavy atom. The number of hydrogen-bond donors (Lipinski definition) is 1. The zero-order valence-corrected chi connectivity index (χ0v) is 17.5. The van der Waals surface area contributed by atoms with Gasteiger partial charge in [0.15, 0.2) is 0 Å². The summed E-state index contributed by atoms with van der Waals surface area (Å²) in [7, 11) is 0. The number of hydrogen-bond acceptors (Lipinski definition) is 6. The third-order valence-corrected chi connectivity index (χ3v) is 6.03. The monoisotopic (exact) mass is 454 g/mol. The molecular weight excluding hydrogens is 440 g/mol. The third kappa shape index (κ3) is 3.36. The summed E-state index contributed by atoms with van der Waals surface area (Å²) in [6.45, 7) is 4.15. The minimum atomic E-state index is -0.418. The summed E-state index contributed by atoms with van der Waals surface area (Å²) in [5, 5.41) is 17.3. The molecule has 2 heterocycles. The van der Waals surface area contributed by atoms with Crippen molar-refractivity contribution >= 4 is 54.7 Å². The molecule has 2 aromatic carbocycles. The van der Waals surface area contributed by atoms with Crippen molar-refractivity contribution in [3.8, 4) is 11.1 Å². The van der Waals surface area contributed by atoms with E-state index in [1.807, 2.05) is 0 Å². The predicted octanol–water partition coefficient (Wildman–Crippen LogP) is 6.39. The molecule has 0 atom stereocenters. The van der Waals surface area contributed by atoms with Gasteiger partial charge in [-0.25, -0.2) is 9.97 Å². The summed E-state index contributed by atoms with van der Waals surface area (Å²) in [5.74, 6) is 0.613. The number of non-ortho nitro benzene ring substituents is 1. The number of nitrogens with zero attached hydrogens (tertiary/aromatic N) is 3. The maximum atomic E-state index is 11.1. The van der Waals surface area contributed by atoms with Crippen LogP contribution < -0.4 is 5.32 Å². The van der Waals surface area contributed by atoms with Gasteiger partial charge in [-0.2, -0.15) is 0 Å². The first-order valence-electron chi connectivity index (χ1n) is 8.45. The van der Waals surface area contributed by atoms with Crippen LogP contribution in [-0.4, -0.2) is 14.9 Å². The molecule has 0 saturated heterocycles. The molecule has 0 radical (unpaired) electrons. The van der Waals surface area contributed by atoms with E-state index in [0.29, 0.717) is 16.0 Å². The van der Waals surface area contributed by atoms with Crippen LogP contribution in [0.4, 0.5) is 17.2 Å². The summed E-state index contributed by atoms with van der Waals surface area (Å²) in [6, 6.07) is 10.9. The molecule has 28 heavy (non-hydrogen) atoms. The second-order valence-electron chi connectivity index (χ2n) is 6.42. The predicted molar refractivity (Wildman–Crippen MR) is 116 cm³/mol. The standard InChI is InChI=1S/C20H15BrN4O2S/c1-11-3-5-14(12(2)7-11)15-9-28-20-18(15)19(22-10-23-20)24-17-8-13(25(26)27)4-6-16(17)21/h3-10H,1-2H3,(H,22,23,24). The molecule has 0 amide bonds. The molecule has 4 rings (SSSR count). The SMILES string of the molecule is Cc1ccc(-c2csc3ncnc(Nc4cc([N+](=O)[O-])ccc4Br)c23)c(C)c1. The first-order valence-corrected chi connectivity index (χ1v) is 10.1. The summed E-state index contributed by atoms with van der Waals surface area (Å²) in [6.07, 6.45) is 1.50. The van der Waals surface area contributed by atoms with Gasteiger partial charge in [0.05, 0.1) is 16.0 Å². The van der Waals surface area contributed by atoms with E-state index in [1.54, 1.807) is 17.4 Å². The number of nitro benzene ring substituents is 1. The highest BCUT2D eigenvalue weighted by Gasteiger charge is 2.17. The van der Waals surface area contributed by atoms with Crippen LogP contribution in [-0.2, 0) is 0 Å². The molecule has 0 aliphatic heterocycles. The van der Waals surface area contributed by atoms with E-state index in [1.165, 1.54) is 29.6 Å². The molecule has 0 unspecified atom stereocenters. The van der Waals surface area contributed by atoms with Crippen molar-refractivity contribution in [2.24, 2.45) is 0 Å². The van der Waals surface area contributed by atoms with Crippen LogP contribution in [0.25, 0.3) is 21.3 Å². The van der Waals surface area contributed by atoms with Crippen molar-refractivity contribution in [2.45, 2.75) is 13.8 Å². The van der Waals surface area contributed by atoms with Gasteiger partial charge in [-0.1, -0.05) is 23.8 Å². The first-order chi connectivity index (χ1) is 13.4. The number of halogens is 1. The van der Waals surface area contributed by atoms with Crippen LogP contribution in [0.5, 0.6) is 0 Å². The Kier molecular flexibility index (Phi) is 4.82. The Bertz CT molecular complexity index is 1220. The van der Waals surface area contributed by atoms with Crippen molar-refractivity contribution in [1.82, 2.24) is 9.97 Å². The average Bonchev–Trinajstić information content (AvgIpc) is 3.08. The van der Waals surface area contributed by atoms with E-state index in [9.17, 15) is 10.1 Å². The Balaban J connectivity index is 1.86. The molecule has 6 nitrogen and oxygen atoms in total. The van der Waals surface area contributed by atoms with Gasteiger partial charge < -0.3 is 5.32 Å². The minimum Gasteiger partial charge on any atom is -0.338 e. The molecule has 0 aliphatic carbocycles. The molecule has 0 spiro atoms. The number of thiophene rings is 1. The second kappa shape index (κ2) is 7.29. The Labute approximate surface area is 173 Å². The van der Waals surface area contributed by atoms with E-state index in [4.69, 9.17) is 0 Å². The average molecular weight is 455 g/mol. The van der Waals surface area contributed by atoms with Gasteiger partial charge in [0, 0.05) is 27.5 Å². The highest BCUT2D eigenvalue weighted by atomic mass is 79.9. The fourth-order valence-electron chi connectivity index (χ4n) is 3.13. The number of rotatable bonds is 4. The highest BCUT2D eigenvalue weighted by Crippen LogP contribution is 2.40. The van der Waals surface area contributed by atoms with Gasteiger partial charge in [0.2, 0.25) is 0 Å². The van der Waals surface area contributed by atoms with Gasteiger partial charge in [-0.05, 0) is 47.0 Å². The van der Waals surface area contributed by atoms with Crippen LogP contribution in [0, 0.1) is 24.0 Å². The van der Waals surface area contributed by atoms with Crippen LogP contribution in [0.2, 0.25) is 0 Å². The summed E-state index contributed by atoms with van der Waals surface area (Å²) in [5.41, 5.74) is 5.12. The van der Waals surface area contributed by atoms with Crippen LogP contribution in [0.3, 0.4) is 0 Å². The largest absolute Gasteiger partial charge is 0.338 e. The molecule has 0 saturated carbocycles. The lowest BCUT2D eigenvalue weighted by molar-refractivity contribution is -0.384. The van der Waals surface area contributed by atoms with E-state index < -0.39 is 4.92 Å². The molecular formula is C20H15BrN4O2S. The number of benzene rings is 2. The molecule has 4 aromatic rings. The van der Waals surface area contributed by atoms with Crippen LogP contribution in [0.1, 0.15) is 11.1 Å². The topological polar surface area (TPSA) is 81.0 Å². The molecule has 2 aromatic heterocycles. The van der Waals surface area contributed by atoms with Gasteiger partial charge in [0.25, 0.3) is 5.69 Å². The van der Waals surface area contributed by atoms with Gasteiger partial charge in [-0.3, -0.25) is 10.1 Å². The third-order valence-electron chi connectivity index (χ3n) is 4.46. The van der Waals surface area contributed by atoms with Crippen molar-refractivity contribution in [1.29, 1.82) is 0 Å². The fraction of sp³-hybridized carbons (Fsp3) is 0.100. The fourth-order valence-corrected chi connectivity index (χ4v) is 4.39. The minimum absolute atomic E-state index is 0.0101. The Morgan fingerprint density at radius 2 is 1.93 bits per heavy atom. The normalized spacial score (nSPS) is 11.0. The molecule has 0 bridgehead atoms. The number of nitrogens with one attached hydrogen (secondary N) is 1. The van der Waals surface area contributed by atoms with E-state index >= 15 is 0 Å². The molecule has 0 aliphatic rings. The zero-order chi connectivity index (χ0) is 19.8. The zero-order valence-electron chi connectivity index (χ0n) is 15.1. The number of anilines is 2. The number of fused-ring (bicyclic) bond motifs is 1. The van der Waals surface area contributed by atoms with Crippen molar-refractivity contribution in [2.75, 3.05) is 5.32 Å². The maximum Gasteiger partial charge on any atom is 0.271 e. The highest BCUT2D eigenvalue weighted by molar-refractivity contribution is 9.10. The number of aromatic nitrogens is 2. The lowest BCUT2D eigenvalue weighted by Crippen LogP contribution is -1.98. The van der Waals surface area contributed by atoms with Crippen molar-refractivity contribution in [3.05, 3.63) is 73.8 Å². The van der Waals surface area contributed by atoms with Crippen LogP contribution in [0.15, 0.2) is 52.6 Å². The van der Waals surface area contributed by atoms with E-state index in [2.05, 4.69) is 68.6 Å². The summed E-state index contributed by atoms with van der Waals surface area (Å²) >= 11 is 5.00. The smallest absolute Gasteiger partial charge is 0.271 e. The Hall–Kier alpha value is -2.84. The van der Waals surface area contributed by atoms with Gasteiger partial charge in [0.1, 0.15) is 17.0 Å². The maximum absolute atomic E-state index is 11.1. The van der Waals surface area contributed by atoms with Crippen molar-refractivity contribution in [3.63, 3.8) is 0 Å². The molecule has 0 fully saturated rings. The summed E-state index contributed by atoms with van der Waals surface area (Å²) < 4.78 is 0.716. The van der Waals surface area contributed by atoms with E-state index in [0.717, 1.165) is 21.3 Å². The number of aryl methyl sites for hydroxylation is 2. The van der Waals surface area contributed by atoms with Gasteiger partial charge >= 0.3 is 0 Å². The van der Waals surface area contributed by atoms with Crippen molar-refractivity contribution < 1.29 is 4.92 Å². The summed E-state index contributed by atoms with van der Waals surface area (Å²) in [4.78, 5) is 20.4. The molecule has 8 heteroatoms. The Morgan fingerprint density at radius 1 is 1.11 bits per heavy atom. The van der Waals surface area contributed by atoms with E-state index in [-0.39, 0.29) is 5.69 Å². The second-order valence-corrected chi connectivity index (χ2v) is 8.13. The lowest BCUT2D eigenvalue weighted by atomic mass is 9.99. The quantitative estimate of drug-likeness (QED) is 0.285. The number of nitro groups is 1. The van der Waals surface area contributed by atoms with Gasteiger partial charge in [-0.15, -0.1) is 11.3 Å².